The first-order valence-corrected chi connectivity index (χ1v) is 7.65. The molecule has 0 bridgehead atoms. The molecular weight excluding hydrogens is 255 g/mol. The third kappa shape index (κ3) is 1.91. The second kappa shape index (κ2) is 3.51. The molecule has 1 aromatic rings. The zero-order valence-electron chi connectivity index (χ0n) is 10.2. The summed E-state index contributed by atoms with van der Waals surface area (Å²) in [4.78, 5) is 0.118. The summed E-state index contributed by atoms with van der Waals surface area (Å²) in [6, 6.07) is 4.74. The molecule has 1 heterocycles. The number of halogens is 1. The van der Waals surface area contributed by atoms with E-state index >= 15 is 0 Å². The molecular formula is C8H11B4ClO3S. The lowest BCUT2D eigenvalue weighted by molar-refractivity contribution is 0.258. The lowest BCUT2D eigenvalue weighted by Gasteiger charge is -2.34. The number of hydrogen-bond acceptors (Lipinski definition) is 3. The highest BCUT2D eigenvalue weighted by atomic mass is 35.7. The molecule has 9 heteroatoms. The molecule has 0 aliphatic carbocycles. The summed E-state index contributed by atoms with van der Waals surface area (Å²) in [5.41, 5.74) is 0.879. The quantitative estimate of drug-likeness (QED) is 0.412. The van der Waals surface area contributed by atoms with Crippen LogP contribution in [0, 0.1) is 0 Å². The van der Waals surface area contributed by atoms with Gasteiger partial charge in [0.1, 0.15) is 37.1 Å². The summed E-state index contributed by atoms with van der Waals surface area (Å²) < 4.78 is 28.5. The number of benzene rings is 1. The smallest absolute Gasteiger partial charge is 0.261 e. The molecule has 0 amide bonds. The van der Waals surface area contributed by atoms with Crippen LogP contribution < -0.4 is 4.74 Å². The van der Waals surface area contributed by atoms with Crippen molar-refractivity contribution in [3.05, 3.63) is 23.8 Å². The minimum atomic E-state index is -3.70. The van der Waals surface area contributed by atoms with Gasteiger partial charge in [-0.25, -0.2) is 8.42 Å². The fraction of sp³-hybridized carbons (Fsp3) is 0.250. The van der Waals surface area contributed by atoms with Crippen molar-refractivity contribution in [1.82, 2.24) is 0 Å². The molecule has 17 heavy (non-hydrogen) atoms. The molecule has 0 saturated heterocycles. The van der Waals surface area contributed by atoms with Crippen LogP contribution in [-0.4, -0.2) is 45.2 Å². The average molecular weight is 266 g/mol. The summed E-state index contributed by atoms with van der Waals surface area (Å²) in [5, 5.41) is -0.635. The molecule has 1 aromatic carbocycles. The minimum Gasteiger partial charge on any atom is -0.506 e. The third-order valence-electron chi connectivity index (χ3n) is 3.78. The number of rotatable bonds is 1. The van der Waals surface area contributed by atoms with E-state index in [-0.39, 0.29) is 15.5 Å². The second-order valence-corrected chi connectivity index (χ2v) is 7.90. The van der Waals surface area contributed by atoms with E-state index in [0.717, 1.165) is 11.3 Å². The zero-order valence-corrected chi connectivity index (χ0v) is 11.8. The van der Waals surface area contributed by atoms with Gasteiger partial charge in [-0.15, -0.1) is 0 Å². The van der Waals surface area contributed by atoms with E-state index in [4.69, 9.17) is 15.4 Å². The first kappa shape index (κ1) is 13.0. The van der Waals surface area contributed by atoms with Gasteiger partial charge >= 0.3 is 0 Å². The molecule has 0 fully saturated rings. The van der Waals surface area contributed by atoms with Crippen molar-refractivity contribution in [1.29, 1.82) is 0 Å². The van der Waals surface area contributed by atoms with Crippen LogP contribution in [0.2, 0.25) is 0 Å². The van der Waals surface area contributed by atoms with Crippen LogP contribution in [0.3, 0.4) is 0 Å². The number of hydrogen-bond donors (Lipinski definition) is 0. The van der Waals surface area contributed by atoms with Crippen molar-refractivity contribution < 1.29 is 13.2 Å². The fourth-order valence-corrected chi connectivity index (χ4v) is 2.74. The maximum absolute atomic E-state index is 11.3. The summed E-state index contributed by atoms with van der Waals surface area (Å²) >= 11 is 0. The first-order chi connectivity index (χ1) is 7.56. The Kier molecular flexibility index (Phi) is 2.68. The van der Waals surface area contributed by atoms with Crippen molar-refractivity contribution >= 4 is 51.1 Å². The van der Waals surface area contributed by atoms with Gasteiger partial charge in [-0.3, -0.25) is 0 Å². The monoisotopic (exact) mass is 266 g/mol. The molecule has 86 valence electrons. The molecule has 0 atom stereocenters. The van der Waals surface area contributed by atoms with E-state index in [0.29, 0.717) is 0 Å². The molecule has 2 rings (SSSR count). The molecule has 0 spiro atoms. The predicted octanol–water partition coefficient (Wildman–Crippen LogP) is -2.65. The normalized spacial score (nSPS) is 20.5. The number of fused-ring (bicyclic) bond motifs is 1. The topological polar surface area (TPSA) is 43.4 Å². The van der Waals surface area contributed by atoms with Crippen molar-refractivity contribution in [2.75, 3.05) is 0 Å². The van der Waals surface area contributed by atoms with Crippen LogP contribution >= 0.6 is 10.7 Å². The Morgan fingerprint density at radius 3 is 2.29 bits per heavy atom. The van der Waals surface area contributed by atoms with Gasteiger partial charge in [0.05, 0.1) is 4.90 Å². The molecule has 3 nitrogen and oxygen atoms in total. The van der Waals surface area contributed by atoms with Crippen LogP contribution in [0.4, 0.5) is 0 Å². The Morgan fingerprint density at radius 2 is 1.76 bits per heavy atom. The SMILES string of the molecule is BC1(B)Oc2ccc(S(=O)(=O)Cl)cc2C1(B)B. The second-order valence-electron chi connectivity index (χ2n) is 5.33. The molecule has 0 aromatic heterocycles. The molecule has 0 saturated carbocycles. The maximum Gasteiger partial charge on any atom is 0.261 e. The van der Waals surface area contributed by atoms with Gasteiger partial charge in [-0.2, -0.15) is 0 Å². The maximum atomic E-state index is 11.3. The van der Waals surface area contributed by atoms with E-state index in [1.165, 1.54) is 6.07 Å². The van der Waals surface area contributed by atoms with Gasteiger partial charge in [0.15, 0.2) is 0 Å². The largest absolute Gasteiger partial charge is 0.506 e. The standard InChI is InChI=1S/C8H11B4ClO3S/c9-7(10)5-3-4(17(13,14)15)1-2-6(5)16-8(7,11)12/h1-3H,9-12H2. The van der Waals surface area contributed by atoms with Gasteiger partial charge in [-0.05, 0) is 29.0 Å². The summed E-state index contributed by atoms with van der Waals surface area (Å²) in [6.45, 7) is 0. The van der Waals surface area contributed by atoms with Crippen LogP contribution in [0.1, 0.15) is 5.56 Å². The highest BCUT2D eigenvalue weighted by Crippen LogP contribution is 2.43. The summed E-state index contributed by atoms with van der Waals surface area (Å²) in [5.74, 6) is 0.726. The van der Waals surface area contributed by atoms with Crippen LogP contribution in [-0.2, 0) is 14.3 Å². The predicted molar refractivity (Wildman–Crippen MR) is 78.7 cm³/mol. The molecule has 0 N–H and O–H groups in total. The van der Waals surface area contributed by atoms with Crippen molar-refractivity contribution in [3.63, 3.8) is 0 Å². The lowest BCUT2D eigenvalue weighted by atomic mass is 9.34. The summed E-state index contributed by atoms with van der Waals surface area (Å²) in [6.07, 6.45) is 0. The lowest BCUT2D eigenvalue weighted by Crippen LogP contribution is -2.53. The third-order valence-corrected chi connectivity index (χ3v) is 5.13. The zero-order chi connectivity index (χ0) is 13.1. The van der Waals surface area contributed by atoms with Crippen molar-refractivity contribution in [2.24, 2.45) is 0 Å². The highest BCUT2D eigenvalue weighted by molar-refractivity contribution is 8.13. The Hall–Kier alpha value is -0.480. The van der Waals surface area contributed by atoms with Crippen LogP contribution in [0.25, 0.3) is 0 Å². The molecule has 0 unspecified atom stereocenters. The fourth-order valence-electron chi connectivity index (χ4n) is 1.96. The number of ether oxygens (including phenoxy) is 1. The van der Waals surface area contributed by atoms with E-state index in [1.807, 2.05) is 31.4 Å². The van der Waals surface area contributed by atoms with Gasteiger partial charge in [0.2, 0.25) is 0 Å². The Morgan fingerprint density at radius 1 is 1.18 bits per heavy atom. The van der Waals surface area contributed by atoms with Gasteiger partial charge in [0.25, 0.3) is 9.05 Å². The van der Waals surface area contributed by atoms with E-state index in [1.54, 1.807) is 12.1 Å². The first-order valence-electron chi connectivity index (χ1n) is 5.34. The Balaban J connectivity index is 2.65. The van der Waals surface area contributed by atoms with E-state index < -0.39 is 9.05 Å². The molecule has 1 aliphatic rings. The van der Waals surface area contributed by atoms with Crippen molar-refractivity contribution in [2.45, 2.75) is 15.5 Å². The Labute approximate surface area is 109 Å². The van der Waals surface area contributed by atoms with Crippen molar-refractivity contribution in [3.8, 4) is 5.75 Å². The van der Waals surface area contributed by atoms with Gasteiger partial charge in [0, 0.05) is 16.1 Å². The van der Waals surface area contributed by atoms with Gasteiger partial charge < -0.3 is 4.74 Å². The van der Waals surface area contributed by atoms with E-state index in [2.05, 4.69) is 0 Å². The molecule has 0 radical (unpaired) electrons. The van der Waals surface area contributed by atoms with E-state index in [9.17, 15) is 8.42 Å². The molecule has 1 aliphatic heterocycles. The van der Waals surface area contributed by atoms with Gasteiger partial charge in [-0.1, -0.05) is 0 Å². The van der Waals surface area contributed by atoms with Crippen LogP contribution in [0.5, 0.6) is 5.75 Å². The highest BCUT2D eigenvalue weighted by Gasteiger charge is 2.47. The average Bonchev–Trinajstić information content (AvgIpc) is 2.32. The minimum absolute atomic E-state index is 0.118. The summed E-state index contributed by atoms with van der Waals surface area (Å²) in [7, 11) is 9.70. The Bertz CT molecular complexity index is 584. The van der Waals surface area contributed by atoms with Crippen LogP contribution in [0.15, 0.2) is 23.1 Å².